The molecule has 3 N–H and O–H groups in total. The van der Waals surface area contributed by atoms with E-state index in [0.29, 0.717) is 5.75 Å². The molecule has 0 aromatic heterocycles. The van der Waals surface area contributed by atoms with Crippen LogP contribution in [-0.4, -0.2) is 25.0 Å². The van der Waals surface area contributed by atoms with E-state index in [-0.39, 0.29) is 29.9 Å². The van der Waals surface area contributed by atoms with Crippen molar-refractivity contribution in [3.8, 4) is 11.5 Å². The van der Waals surface area contributed by atoms with Gasteiger partial charge in [-0.05, 0) is 42.8 Å². The number of hydrogen-bond donors (Lipinski definition) is 2. The summed E-state index contributed by atoms with van der Waals surface area (Å²) < 4.78 is 33.9. The van der Waals surface area contributed by atoms with Crippen LogP contribution < -0.4 is 20.5 Å². The van der Waals surface area contributed by atoms with Gasteiger partial charge in [0.05, 0.1) is 6.04 Å². The topological polar surface area (TPSA) is 90.6 Å². The van der Waals surface area contributed by atoms with E-state index in [9.17, 15) is 18.4 Å². The Bertz CT molecular complexity index is 766. The Kier molecular flexibility index (Phi) is 6.48. The van der Waals surface area contributed by atoms with Crippen LogP contribution in [0.4, 0.5) is 8.78 Å². The molecular weight excluding hydrogens is 346 g/mol. The van der Waals surface area contributed by atoms with E-state index >= 15 is 0 Å². The number of amides is 2. The van der Waals surface area contributed by atoms with Gasteiger partial charge in [-0.3, -0.25) is 9.59 Å². The highest BCUT2D eigenvalue weighted by molar-refractivity contribution is 5.93. The molecule has 0 saturated carbocycles. The number of carbonyl (C=O) groups is 2. The van der Waals surface area contributed by atoms with Crippen LogP contribution in [0.3, 0.4) is 0 Å². The average Bonchev–Trinajstić information content (AvgIpc) is 2.60. The second-order valence-electron chi connectivity index (χ2n) is 5.42. The smallest absolute Gasteiger partial charge is 0.387 e. The van der Waals surface area contributed by atoms with Gasteiger partial charge < -0.3 is 20.5 Å². The van der Waals surface area contributed by atoms with Crippen LogP contribution in [0.1, 0.15) is 28.9 Å². The van der Waals surface area contributed by atoms with Gasteiger partial charge in [0.2, 0.25) is 5.91 Å². The maximum Gasteiger partial charge on any atom is 0.387 e. The van der Waals surface area contributed by atoms with Crippen molar-refractivity contribution in [1.29, 1.82) is 0 Å². The summed E-state index contributed by atoms with van der Waals surface area (Å²) in [6.45, 7) is -1.39. The van der Waals surface area contributed by atoms with Gasteiger partial charge in [0.1, 0.15) is 11.5 Å². The second kappa shape index (κ2) is 8.80. The number of carbonyl (C=O) groups excluding carboxylic acids is 2. The van der Waals surface area contributed by atoms with Gasteiger partial charge in [-0.25, -0.2) is 0 Å². The van der Waals surface area contributed by atoms with Crippen molar-refractivity contribution in [3.05, 3.63) is 59.7 Å². The van der Waals surface area contributed by atoms with E-state index in [4.69, 9.17) is 10.5 Å². The zero-order valence-corrected chi connectivity index (χ0v) is 13.9. The summed E-state index contributed by atoms with van der Waals surface area (Å²) in [5.41, 5.74) is 6.18. The van der Waals surface area contributed by atoms with Gasteiger partial charge in [-0.15, -0.1) is 0 Å². The number of rotatable bonds is 8. The van der Waals surface area contributed by atoms with Crippen molar-refractivity contribution in [2.24, 2.45) is 5.73 Å². The molecule has 8 heteroatoms. The largest absolute Gasteiger partial charge is 0.484 e. The van der Waals surface area contributed by atoms with Gasteiger partial charge in [-0.1, -0.05) is 18.2 Å². The lowest BCUT2D eigenvalue weighted by molar-refractivity contribution is -0.123. The minimum atomic E-state index is -2.89. The summed E-state index contributed by atoms with van der Waals surface area (Å²) in [6, 6.07) is 11.8. The lowest BCUT2D eigenvalue weighted by Crippen LogP contribution is -2.31. The quantitative estimate of drug-likeness (QED) is 0.753. The lowest BCUT2D eigenvalue weighted by atomic mass is 10.1. The molecule has 0 bridgehead atoms. The van der Waals surface area contributed by atoms with E-state index < -0.39 is 12.5 Å². The first-order chi connectivity index (χ1) is 12.3. The normalized spacial score (nSPS) is 11.7. The van der Waals surface area contributed by atoms with Crippen molar-refractivity contribution >= 4 is 11.8 Å². The number of halogens is 2. The lowest BCUT2D eigenvalue weighted by Gasteiger charge is -2.15. The van der Waals surface area contributed by atoms with Crippen molar-refractivity contribution in [1.82, 2.24) is 5.32 Å². The number of alkyl halides is 2. The Morgan fingerprint density at radius 3 is 2.42 bits per heavy atom. The molecule has 1 atom stereocenters. The molecule has 0 aliphatic carbocycles. The molecule has 0 radical (unpaired) electrons. The van der Waals surface area contributed by atoms with E-state index in [1.807, 2.05) is 0 Å². The number of benzene rings is 2. The van der Waals surface area contributed by atoms with Crippen LogP contribution in [0, 0.1) is 0 Å². The van der Waals surface area contributed by atoms with Crippen molar-refractivity contribution in [2.75, 3.05) is 6.61 Å². The van der Waals surface area contributed by atoms with E-state index in [1.54, 1.807) is 37.3 Å². The highest BCUT2D eigenvalue weighted by Gasteiger charge is 2.12. The molecule has 138 valence electrons. The first kappa shape index (κ1) is 19.2. The molecule has 2 amide bonds. The Morgan fingerprint density at radius 1 is 1.12 bits per heavy atom. The van der Waals surface area contributed by atoms with Crippen molar-refractivity contribution in [3.63, 3.8) is 0 Å². The third-order valence-electron chi connectivity index (χ3n) is 3.47. The SMILES string of the molecule is CC(NC(=O)COc1cccc(C(N)=O)c1)c1ccc(OC(F)F)cc1. The van der Waals surface area contributed by atoms with Crippen LogP contribution in [0.25, 0.3) is 0 Å². The summed E-state index contributed by atoms with van der Waals surface area (Å²) >= 11 is 0. The molecule has 1 unspecified atom stereocenters. The third kappa shape index (κ3) is 5.73. The predicted octanol–water partition coefficient (Wildman–Crippen LogP) is 2.64. The van der Waals surface area contributed by atoms with Gasteiger partial charge in [0.15, 0.2) is 6.61 Å². The maximum atomic E-state index is 12.1. The standard InChI is InChI=1S/C18H18F2N2O4/c1-11(12-5-7-14(8-6-12)26-18(19)20)22-16(23)10-25-15-4-2-3-13(9-15)17(21)24/h2-9,11,18H,10H2,1H3,(H2,21,24)(H,22,23). The number of nitrogens with two attached hydrogens (primary N) is 1. The Morgan fingerprint density at radius 2 is 1.81 bits per heavy atom. The summed E-state index contributed by atoms with van der Waals surface area (Å²) in [4.78, 5) is 23.1. The fraction of sp³-hybridized carbons (Fsp3) is 0.222. The summed E-state index contributed by atoms with van der Waals surface area (Å²) in [6.07, 6.45) is 0. The van der Waals surface area contributed by atoms with Crippen LogP contribution in [0.2, 0.25) is 0 Å². The van der Waals surface area contributed by atoms with Gasteiger partial charge >= 0.3 is 6.61 Å². The fourth-order valence-electron chi connectivity index (χ4n) is 2.19. The number of ether oxygens (including phenoxy) is 2. The molecule has 2 aromatic carbocycles. The van der Waals surface area contributed by atoms with Gasteiger partial charge in [-0.2, -0.15) is 8.78 Å². The molecule has 2 rings (SSSR count). The first-order valence-corrected chi connectivity index (χ1v) is 7.72. The molecule has 0 fully saturated rings. The predicted molar refractivity (Wildman–Crippen MR) is 90.1 cm³/mol. The number of primary amides is 1. The fourth-order valence-corrected chi connectivity index (χ4v) is 2.19. The molecule has 0 spiro atoms. The second-order valence-corrected chi connectivity index (χ2v) is 5.42. The number of nitrogens with one attached hydrogen (secondary N) is 1. The summed E-state index contributed by atoms with van der Waals surface area (Å²) in [5.74, 6) is -0.583. The Balaban J connectivity index is 1.87. The highest BCUT2D eigenvalue weighted by atomic mass is 19.3. The molecule has 26 heavy (non-hydrogen) atoms. The van der Waals surface area contributed by atoms with E-state index in [0.717, 1.165) is 5.56 Å². The summed E-state index contributed by atoms with van der Waals surface area (Å²) in [5, 5.41) is 2.72. The molecule has 2 aromatic rings. The Hall–Kier alpha value is -3.16. The van der Waals surface area contributed by atoms with Crippen molar-refractivity contribution < 1.29 is 27.8 Å². The van der Waals surface area contributed by atoms with Crippen LogP contribution in [0.5, 0.6) is 11.5 Å². The first-order valence-electron chi connectivity index (χ1n) is 7.72. The molecule has 0 saturated heterocycles. The van der Waals surface area contributed by atoms with Gasteiger partial charge in [0, 0.05) is 5.56 Å². The van der Waals surface area contributed by atoms with E-state index in [2.05, 4.69) is 10.1 Å². The third-order valence-corrected chi connectivity index (χ3v) is 3.47. The number of hydrogen-bond acceptors (Lipinski definition) is 4. The minimum Gasteiger partial charge on any atom is -0.484 e. The molecule has 0 aliphatic heterocycles. The zero-order chi connectivity index (χ0) is 19.1. The average molecular weight is 364 g/mol. The van der Waals surface area contributed by atoms with Crippen LogP contribution >= 0.6 is 0 Å². The molecule has 0 heterocycles. The maximum absolute atomic E-state index is 12.1. The molecule has 6 nitrogen and oxygen atoms in total. The monoisotopic (exact) mass is 364 g/mol. The van der Waals surface area contributed by atoms with Crippen molar-refractivity contribution in [2.45, 2.75) is 19.6 Å². The molecular formula is C18H18F2N2O4. The zero-order valence-electron chi connectivity index (χ0n) is 13.9. The minimum absolute atomic E-state index is 0.0416. The van der Waals surface area contributed by atoms with Gasteiger partial charge in [0.25, 0.3) is 5.91 Å². The van der Waals surface area contributed by atoms with Crippen LogP contribution in [-0.2, 0) is 4.79 Å². The summed E-state index contributed by atoms with van der Waals surface area (Å²) in [7, 11) is 0. The van der Waals surface area contributed by atoms with E-state index in [1.165, 1.54) is 18.2 Å². The highest BCUT2D eigenvalue weighted by Crippen LogP contribution is 2.19. The molecule has 0 aliphatic rings. The van der Waals surface area contributed by atoms with Crippen LogP contribution in [0.15, 0.2) is 48.5 Å². The Labute approximate surface area is 148 Å².